The minimum absolute atomic E-state index is 0.202. The maximum atomic E-state index is 12.6. The van der Waals surface area contributed by atoms with E-state index in [-0.39, 0.29) is 12.3 Å². The summed E-state index contributed by atoms with van der Waals surface area (Å²) in [5, 5.41) is 5.83. The monoisotopic (exact) mass is 456 g/mol. The number of esters is 2. The van der Waals surface area contributed by atoms with Crippen molar-refractivity contribution in [3.63, 3.8) is 0 Å². The van der Waals surface area contributed by atoms with Gasteiger partial charge in [0.1, 0.15) is 11.7 Å². The zero-order valence-corrected chi connectivity index (χ0v) is 20.7. The van der Waals surface area contributed by atoms with Crippen LogP contribution in [0.1, 0.15) is 74.1 Å². The number of rotatable bonds is 9. The number of carbonyl (C=O) groups is 4. The van der Waals surface area contributed by atoms with Gasteiger partial charge in [-0.3, -0.25) is 14.4 Å². The van der Waals surface area contributed by atoms with Gasteiger partial charge in [0.05, 0.1) is 13.0 Å². The van der Waals surface area contributed by atoms with Crippen molar-refractivity contribution in [1.29, 1.82) is 0 Å². The zero-order valence-electron chi connectivity index (χ0n) is 20.7. The first-order valence-electron chi connectivity index (χ1n) is 11.3. The summed E-state index contributed by atoms with van der Waals surface area (Å²) in [5.41, 5.74) is -0.707. The third kappa shape index (κ3) is 8.31. The Labute approximate surface area is 191 Å². The Morgan fingerprint density at radius 3 is 2.09 bits per heavy atom. The van der Waals surface area contributed by atoms with Crippen molar-refractivity contribution < 1.29 is 33.4 Å². The lowest BCUT2D eigenvalue weighted by Gasteiger charge is -2.35. The summed E-state index contributed by atoms with van der Waals surface area (Å²) in [6.07, 6.45) is 1.14. The highest BCUT2D eigenvalue weighted by Crippen LogP contribution is 2.39. The van der Waals surface area contributed by atoms with E-state index in [0.29, 0.717) is 12.3 Å². The van der Waals surface area contributed by atoms with E-state index in [1.54, 1.807) is 20.8 Å². The molecule has 0 heterocycles. The highest BCUT2D eigenvalue weighted by Gasteiger charge is 2.53. The summed E-state index contributed by atoms with van der Waals surface area (Å²) in [6, 6.07) is -0.985. The number of alkyl carbamates (subject to hydrolysis) is 1. The van der Waals surface area contributed by atoms with Crippen molar-refractivity contribution in [2.24, 2.45) is 17.8 Å². The van der Waals surface area contributed by atoms with Crippen molar-refractivity contribution in [2.75, 3.05) is 7.11 Å². The van der Waals surface area contributed by atoms with Crippen molar-refractivity contribution in [3.8, 4) is 0 Å². The summed E-state index contributed by atoms with van der Waals surface area (Å²) in [4.78, 5) is 49.1. The molecule has 1 rings (SSSR count). The number of hydrogen-bond donors (Lipinski definition) is 2. The maximum Gasteiger partial charge on any atom is 0.407 e. The van der Waals surface area contributed by atoms with E-state index in [2.05, 4.69) is 24.5 Å². The number of methoxy groups -OCH3 is 1. The minimum Gasteiger partial charge on any atom is -0.469 e. The second kappa shape index (κ2) is 12.1. The van der Waals surface area contributed by atoms with Crippen LogP contribution < -0.4 is 10.6 Å². The Bertz CT molecular complexity index is 670. The van der Waals surface area contributed by atoms with E-state index in [0.717, 1.165) is 12.8 Å². The molecular formula is C23H40N2O7. The normalized spacial score (nSPS) is 23.9. The Kier molecular flexibility index (Phi) is 10.4. The van der Waals surface area contributed by atoms with Gasteiger partial charge in [-0.15, -0.1) is 0 Å². The summed E-state index contributed by atoms with van der Waals surface area (Å²) in [6.45, 7) is 12.1. The molecule has 0 aromatic carbocycles. The van der Waals surface area contributed by atoms with Gasteiger partial charge in [0, 0.05) is 31.8 Å². The van der Waals surface area contributed by atoms with E-state index >= 15 is 0 Å². The maximum absolute atomic E-state index is 12.6. The van der Waals surface area contributed by atoms with Crippen LogP contribution in [0.3, 0.4) is 0 Å². The van der Waals surface area contributed by atoms with Gasteiger partial charge in [-0.25, -0.2) is 4.79 Å². The fourth-order valence-electron chi connectivity index (χ4n) is 4.47. The number of carbonyl (C=O) groups excluding carboxylic acids is 4. The van der Waals surface area contributed by atoms with Gasteiger partial charge in [0.15, 0.2) is 0 Å². The van der Waals surface area contributed by atoms with Crippen LogP contribution in [0.2, 0.25) is 0 Å². The quantitative estimate of drug-likeness (QED) is 0.404. The molecule has 9 nitrogen and oxygen atoms in total. The first-order valence-corrected chi connectivity index (χ1v) is 11.3. The topological polar surface area (TPSA) is 120 Å². The Hall–Kier alpha value is -2.32. The van der Waals surface area contributed by atoms with E-state index in [1.807, 2.05) is 0 Å². The second-order valence-electron chi connectivity index (χ2n) is 9.49. The molecule has 0 radical (unpaired) electrons. The summed E-state index contributed by atoms with van der Waals surface area (Å²) in [7, 11) is 1.27. The fraction of sp³-hybridized carbons (Fsp3) is 0.826. The molecule has 1 saturated carbocycles. The molecule has 2 amide bonds. The van der Waals surface area contributed by atoms with Crippen LogP contribution in [0.25, 0.3) is 0 Å². The molecule has 0 aliphatic heterocycles. The van der Waals surface area contributed by atoms with Crippen LogP contribution in [-0.4, -0.2) is 54.8 Å². The molecule has 1 aliphatic rings. The van der Waals surface area contributed by atoms with Gasteiger partial charge >= 0.3 is 18.0 Å². The highest BCUT2D eigenvalue weighted by molar-refractivity contribution is 5.76. The van der Waals surface area contributed by atoms with Crippen LogP contribution in [0.15, 0.2) is 0 Å². The van der Waals surface area contributed by atoms with Crippen LogP contribution in [-0.2, 0) is 28.6 Å². The van der Waals surface area contributed by atoms with Crippen LogP contribution in [0, 0.1) is 17.8 Å². The molecule has 0 bridgehead atoms. The Balaban J connectivity index is 3.39. The molecule has 1 fully saturated rings. The van der Waals surface area contributed by atoms with E-state index in [4.69, 9.17) is 14.2 Å². The molecule has 5 atom stereocenters. The largest absolute Gasteiger partial charge is 0.469 e. The molecule has 0 aromatic heterocycles. The van der Waals surface area contributed by atoms with Crippen LogP contribution in [0.4, 0.5) is 4.79 Å². The van der Waals surface area contributed by atoms with Gasteiger partial charge in [-0.1, -0.05) is 26.7 Å². The predicted octanol–water partition coefficient (Wildman–Crippen LogP) is 2.95. The average Bonchev–Trinajstić information content (AvgIpc) is 2.99. The van der Waals surface area contributed by atoms with Crippen molar-refractivity contribution in [1.82, 2.24) is 10.6 Å². The molecular weight excluding hydrogens is 416 g/mol. The van der Waals surface area contributed by atoms with Gasteiger partial charge in [-0.2, -0.15) is 0 Å². The average molecular weight is 457 g/mol. The third-order valence-corrected chi connectivity index (χ3v) is 5.85. The summed E-state index contributed by atoms with van der Waals surface area (Å²) in [5.74, 6) is -2.30. The molecule has 184 valence electrons. The third-order valence-electron chi connectivity index (χ3n) is 5.85. The fourth-order valence-corrected chi connectivity index (χ4v) is 4.47. The second-order valence-corrected chi connectivity index (χ2v) is 9.49. The van der Waals surface area contributed by atoms with E-state index in [9.17, 15) is 19.2 Å². The molecule has 2 N–H and O–H groups in total. The lowest BCUT2D eigenvalue weighted by atomic mass is 9.83. The number of hydrogen-bond acceptors (Lipinski definition) is 7. The molecule has 0 spiro atoms. The van der Waals surface area contributed by atoms with Crippen molar-refractivity contribution in [2.45, 2.75) is 97.9 Å². The van der Waals surface area contributed by atoms with E-state index < -0.39 is 53.7 Å². The minimum atomic E-state index is -0.855. The van der Waals surface area contributed by atoms with Gasteiger partial charge in [0.25, 0.3) is 0 Å². The lowest BCUT2D eigenvalue weighted by Crippen LogP contribution is -2.53. The summed E-state index contributed by atoms with van der Waals surface area (Å²) >= 11 is 0. The first-order chi connectivity index (χ1) is 14.8. The standard InChI is InChI=1S/C23H40N2O7/c1-9-15(10-2)11-17(24-13(3)26)19-18(25-22(29)32-23(5,6)7)12-16(21(28)30-8)20(19)31-14(4)27/h15-20H,9-12H2,1-8H3,(H,24,26)(H,25,29). The molecule has 9 heteroatoms. The van der Waals surface area contributed by atoms with Crippen molar-refractivity contribution >= 4 is 23.9 Å². The lowest BCUT2D eigenvalue weighted by molar-refractivity contribution is -0.159. The van der Waals surface area contributed by atoms with Crippen LogP contribution >= 0.6 is 0 Å². The molecule has 0 aromatic rings. The summed E-state index contributed by atoms with van der Waals surface area (Å²) < 4.78 is 16.0. The Morgan fingerprint density at radius 1 is 1.06 bits per heavy atom. The predicted molar refractivity (Wildman–Crippen MR) is 119 cm³/mol. The highest BCUT2D eigenvalue weighted by atomic mass is 16.6. The SMILES string of the molecule is CCC(CC)CC(NC(C)=O)C1C(NC(=O)OC(C)(C)C)CC(C(=O)OC)C1OC(C)=O. The van der Waals surface area contributed by atoms with Gasteiger partial charge in [-0.05, 0) is 39.5 Å². The van der Waals surface area contributed by atoms with Gasteiger partial charge in [0.2, 0.25) is 5.91 Å². The first kappa shape index (κ1) is 27.7. The number of ether oxygens (including phenoxy) is 3. The Morgan fingerprint density at radius 2 is 1.66 bits per heavy atom. The molecule has 0 saturated heterocycles. The van der Waals surface area contributed by atoms with Gasteiger partial charge < -0.3 is 24.8 Å². The van der Waals surface area contributed by atoms with E-state index in [1.165, 1.54) is 21.0 Å². The molecule has 5 unspecified atom stereocenters. The molecule has 32 heavy (non-hydrogen) atoms. The van der Waals surface area contributed by atoms with Crippen LogP contribution in [0.5, 0.6) is 0 Å². The number of amides is 2. The van der Waals surface area contributed by atoms with Crippen molar-refractivity contribution in [3.05, 3.63) is 0 Å². The smallest absolute Gasteiger partial charge is 0.407 e. The molecule has 1 aliphatic carbocycles. The zero-order chi connectivity index (χ0) is 24.6. The number of nitrogens with one attached hydrogen (secondary N) is 2.